The molecule has 0 spiro atoms. The summed E-state index contributed by atoms with van der Waals surface area (Å²) in [6.07, 6.45) is 0. The van der Waals surface area contributed by atoms with Crippen molar-refractivity contribution in [2.45, 2.75) is 26.8 Å². The molecule has 7 heteroatoms. The van der Waals surface area contributed by atoms with Crippen LogP contribution < -0.4 is 10.6 Å². The number of para-hydroxylation sites is 1. The van der Waals surface area contributed by atoms with Gasteiger partial charge in [-0.15, -0.1) is 0 Å². The van der Waals surface area contributed by atoms with Gasteiger partial charge in [0.05, 0.1) is 6.54 Å². The van der Waals surface area contributed by atoms with Crippen molar-refractivity contribution in [2.24, 2.45) is 5.92 Å². The van der Waals surface area contributed by atoms with E-state index in [2.05, 4.69) is 10.6 Å². The van der Waals surface area contributed by atoms with Crippen LogP contribution in [0.3, 0.4) is 0 Å². The van der Waals surface area contributed by atoms with Crippen LogP contribution in [0.5, 0.6) is 0 Å². The molecule has 1 saturated heterocycles. The van der Waals surface area contributed by atoms with E-state index in [0.717, 1.165) is 11.3 Å². The van der Waals surface area contributed by atoms with Crippen LogP contribution in [-0.4, -0.2) is 66.3 Å². The fraction of sp³-hybridized carbons (Fsp3) is 0.400. The van der Waals surface area contributed by atoms with Gasteiger partial charge in [-0.3, -0.25) is 19.3 Å². The minimum atomic E-state index is -0.586. The van der Waals surface area contributed by atoms with Crippen LogP contribution in [0.15, 0.2) is 54.6 Å². The molecule has 0 aliphatic carbocycles. The van der Waals surface area contributed by atoms with Crippen molar-refractivity contribution < 1.29 is 14.4 Å². The van der Waals surface area contributed by atoms with Gasteiger partial charge < -0.3 is 15.5 Å². The van der Waals surface area contributed by atoms with Gasteiger partial charge in [0, 0.05) is 37.4 Å². The van der Waals surface area contributed by atoms with E-state index in [1.54, 1.807) is 17.0 Å². The van der Waals surface area contributed by atoms with Crippen molar-refractivity contribution in [3.05, 3.63) is 65.7 Å². The first kappa shape index (κ1) is 23.5. The summed E-state index contributed by atoms with van der Waals surface area (Å²) in [6, 6.07) is 16.1. The van der Waals surface area contributed by atoms with E-state index in [0.29, 0.717) is 31.7 Å². The lowest BCUT2D eigenvalue weighted by Crippen LogP contribution is -2.57. The van der Waals surface area contributed by atoms with Crippen molar-refractivity contribution in [1.82, 2.24) is 15.1 Å². The van der Waals surface area contributed by atoms with Crippen molar-refractivity contribution >= 4 is 23.4 Å². The highest BCUT2D eigenvalue weighted by Gasteiger charge is 2.31. The van der Waals surface area contributed by atoms with E-state index in [9.17, 15) is 14.4 Å². The maximum Gasteiger partial charge on any atom is 0.251 e. The van der Waals surface area contributed by atoms with Crippen LogP contribution >= 0.6 is 0 Å². The highest BCUT2D eigenvalue weighted by molar-refractivity contribution is 5.97. The van der Waals surface area contributed by atoms with E-state index in [1.807, 2.05) is 68.1 Å². The van der Waals surface area contributed by atoms with Gasteiger partial charge in [-0.2, -0.15) is 0 Å². The van der Waals surface area contributed by atoms with Crippen LogP contribution in [0.1, 0.15) is 29.8 Å². The second kappa shape index (κ2) is 10.9. The molecule has 3 rings (SSSR count). The molecule has 3 amide bonds. The number of rotatable bonds is 7. The van der Waals surface area contributed by atoms with Crippen LogP contribution in [0.4, 0.5) is 5.69 Å². The monoisotopic (exact) mass is 436 g/mol. The summed E-state index contributed by atoms with van der Waals surface area (Å²) in [5.41, 5.74) is 2.40. The molecule has 1 aliphatic heterocycles. The largest absolute Gasteiger partial charge is 0.340 e. The van der Waals surface area contributed by atoms with Crippen molar-refractivity contribution in [3.8, 4) is 0 Å². The lowest BCUT2D eigenvalue weighted by atomic mass is 10.0. The predicted octanol–water partition coefficient (Wildman–Crippen LogP) is 2.53. The summed E-state index contributed by atoms with van der Waals surface area (Å²) < 4.78 is 0. The molecular formula is C25H32N4O3. The lowest BCUT2D eigenvalue weighted by molar-refractivity contribution is -0.136. The van der Waals surface area contributed by atoms with Crippen molar-refractivity contribution in [1.29, 1.82) is 0 Å². The Balaban J connectivity index is 1.51. The highest BCUT2D eigenvalue weighted by atomic mass is 16.2. The Bertz CT molecular complexity index is 920. The normalized spacial score (nSPS) is 15.3. The molecule has 0 bridgehead atoms. The average molecular weight is 437 g/mol. The Hall–Kier alpha value is -3.19. The first-order valence-electron chi connectivity index (χ1n) is 11.1. The topological polar surface area (TPSA) is 81.8 Å². The van der Waals surface area contributed by atoms with Gasteiger partial charge in [0.1, 0.15) is 6.04 Å². The summed E-state index contributed by atoms with van der Waals surface area (Å²) >= 11 is 0. The number of benzene rings is 2. The average Bonchev–Trinajstić information content (AvgIpc) is 2.78. The number of carbonyl (C=O) groups excluding carboxylic acids is 3. The van der Waals surface area contributed by atoms with Gasteiger partial charge >= 0.3 is 0 Å². The SMILES string of the molecule is Cc1ccc(C(=O)NC(C(=O)N2CCN(CC(=O)Nc3ccccc3)CC2)C(C)C)cc1. The minimum absolute atomic E-state index is 0.0356. The van der Waals surface area contributed by atoms with Gasteiger partial charge in [0.15, 0.2) is 0 Å². The summed E-state index contributed by atoms with van der Waals surface area (Å²) in [5.74, 6) is -0.421. The Morgan fingerprint density at radius 2 is 1.53 bits per heavy atom. The number of amides is 3. The molecule has 1 unspecified atom stereocenters. The minimum Gasteiger partial charge on any atom is -0.340 e. The fourth-order valence-electron chi connectivity index (χ4n) is 3.69. The Morgan fingerprint density at radius 3 is 2.12 bits per heavy atom. The third kappa shape index (κ3) is 6.40. The molecule has 2 aromatic carbocycles. The van der Waals surface area contributed by atoms with E-state index < -0.39 is 6.04 Å². The summed E-state index contributed by atoms with van der Waals surface area (Å²) in [4.78, 5) is 41.9. The second-order valence-corrected chi connectivity index (χ2v) is 8.58. The van der Waals surface area contributed by atoms with E-state index >= 15 is 0 Å². The number of anilines is 1. The number of aryl methyl sites for hydroxylation is 1. The zero-order valence-electron chi connectivity index (χ0n) is 19.0. The zero-order chi connectivity index (χ0) is 23.1. The number of piperazine rings is 1. The molecule has 2 N–H and O–H groups in total. The van der Waals surface area contributed by atoms with Crippen LogP contribution in [0.25, 0.3) is 0 Å². The first-order valence-corrected chi connectivity index (χ1v) is 11.1. The van der Waals surface area contributed by atoms with Crippen LogP contribution in [0, 0.1) is 12.8 Å². The molecule has 2 aromatic rings. The standard InChI is InChI=1S/C25H32N4O3/c1-18(2)23(27-24(31)20-11-9-19(3)10-12-20)25(32)29-15-13-28(14-16-29)17-22(30)26-21-7-5-4-6-8-21/h4-12,18,23H,13-17H2,1-3H3,(H,26,30)(H,27,31). The van der Waals surface area contributed by atoms with Gasteiger partial charge in [-0.05, 0) is 37.1 Å². The molecule has 1 fully saturated rings. The van der Waals surface area contributed by atoms with Crippen LogP contribution in [-0.2, 0) is 9.59 Å². The zero-order valence-corrected chi connectivity index (χ0v) is 19.0. The maximum atomic E-state index is 13.1. The molecule has 32 heavy (non-hydrogen) atoms. The lowest BCUT2D eigenvalue weighted by Gasteiger charge is -2.37. The fourth-order valence-corrected chi connectivity index (χ4v) is 3.69. The van der Waals surface area contributed by atoms with Crippen LogP contribution in [0.2, 0.25) is 0 Å². The van der Waals surface area contributed by atoms with Gasteiger partial charge in [0.2, 0.25) is 11.8 Å². The van der Waals surface area contributed by atoms with Gasteiger partial charge in [0.25, 0.3) is 5.91 Å². The molecule has 0 aromatic heterocycles. The predicted molar refractivity (Wildman–Crippen MR) is 125 cm³/mol. The molecule has 0 saturated carbocycles. The molecule has 0 radical (unpaired) electrons. The molecule has 1 aliphatic rings. The summed E-state index contributed by atoms with van der Waals surface area (Å²) in [6.45, 7) is 8.41. The number of hydrogen-bond donors (Lipinski definition) is 2. The molecule has 170 valence electrons. The van der Waals surface area contributed by atoms with Crippen molar-refractivity contribution in [2.75, 3.05) is 38.0 Å². The van der Waals surface area contributed by atoms with E-state index in [4.69, 9.17) is 0 Å². The number of nitrogens with one attached hydrogen (secondary N) is 2. The second-order valence-electron chi connectivity index (χ2n) is 8.58. The number of carbonyl (C=O) groups is 3. The molecule has 1 heterocycles. The van der Waals surface area contributed by atoms with Gasteiger partial charge in [-0.25, -0.2) is 0 Å². The number of hydrogen-bond acceptors (Lipinski definition) is 4. The van der Waals surface area contributed by atoms with E-state index in [1.165, 1.54) is 0 Å². The number of nitrogens with zero attached hydrogens (tertiary/aromatic N) is 2. The Morgan fingerprint density at radius 1 is 0.906 bits per heavy atom. The quantitative estimate of drug-likeness (QED) is 0.699. The maximum absolute atomic E-state index is 13.1. The molecule has 7 nitrogen and oxygen atoms in total. The van der Waals surface area contributed by atoms with Crippen molar-refractivity contribution in [3.63, 3.8) is 0 Å². The third-order valence-electron chi connectivity index (χ3n) is 5.64. The third-order valence-corrected chi connectivity index (χ3v) is 5.64. The first-order chi connectivity index (χ1) is 15.3. The summed E-state index contributed by atoms with van der Waals surface area (Å²) in [7, 11) is 0. The summed E-state index contributed by atoms with van der Waals surface area (Å²) in [5, 5.41) is 5.80. The smallest absolute Gasteiger partial charge is 0.251 e. The Labute approximate surface area is 189 Å². The van der Waals surface area contributed by atoms with Gasteiger partial charge in [-0.1, -0.05) is 49.7 Å². The highest BCUT2D eigenvalue weighted by Crippen LogP contribution is 2.12. The molecule has 1 atom stereocenters. The Kier molecular flexibility index (Phi) is 8.00. The molecular weight excluding hydrogens is 404 g/mol. The van der Waals surface area contributed by atoms with E-state index in [-0.39, 0.29) is 30.2 Å².